The van der Waals surface area contributed by atoms with Gasteiger partial charge < -0.3 is 15.3 Å². The van der Waals surface area contributed by atoms with Gasteiger partial charge >= 0.3 is 11.9 Å². The molecule has 0 bridgehead atoms. The minimum Gasteiger partial charge on any atom is -0.481 e. The minimum absolute atomic E-state index is 0.245. The van der Waals surface area contributed by atoms with Crippen molar-refractivity contribution in [1.82, 2.24) is 0 Å². The SMILES string of the molecule is O=C(O)CC[C@@H](O)C(=O)O. The van der Waals surface area contributed by atoms with Crippen molar-refractivity contribution in [2.24, 2.45) is 0 Å². The molecule has 10 heavy (non-hydrogen) atoms. The summed E-state index contributed by atoms with van der Waals surface area (Å²) in [5, 5.41) is 24.6. The van der Waals surface area contributed by atoms with Gasteiger partial charge in [-0.25, -0.2) is 4.79 Å². The van der Waals surface area contributed by atoms with E-state index in [-0.39, 0.29) is 12.8 Å². The van der Waals surface area contributed by atoms with Crippen LogP contribution >= 0.6 is 0 Å². The topological polar surface area (TPSA) is 94.8 Å². The van der Waals surface area contributed by atoms with E-state index in [2.05, 4.69) is 0 Å². The van der Waals surface area contributed by atoms with Crippen LogP contribution in [0.3, 0.4) is 0 Å². The Kier molecular flexibility index (Phi) is 3.42. The second kappa shape index (κ2) is 3.84. The van der Waals surface area contributed by atoms with E-state index in [0.717, 1.165) is 0 Å². The maximum atomic E-state index is 9.87. The van der Waals surface area contributed by atoms with Gasteiger partial charge in [-0.15, -0.1) is 0 Å². The molecule has 5 heteroatoms. The number of hydrogen-bond donors (Lipinski definition) is 3. The van der Waals surface area contributed by atoms with E-state index in [4.69, 9.17) is 15.3 Å². The fourth-order valence-corrected chi connectivity index (χ4v) is 0.384. The molecule has 0 aromatic heterocycles. The normalized spacial score (nSPS) is 12.5. The highest BCUT2D eigenvalue weighted by molar-refractivity contribution is 5.73. The zero-order valence-corrected chi connectivity index (χ0v) is 5.15. The van der Waals surface area contributed by atoms with Crippen molar-refractivity contribution >= 4 is 11.9 Å². The van der Waals surface area contributed by atoms with Gasteiger partial charge in [0.2, 0.25) is 0 Å². The highest BCUT2D eigenvalue weighted by Gasteiger charge is 2.13. The van der Waals surface area contributed by atoms with Gasteiger partial charge in [-0.05, 0) is 6.42 Å². The largest absolute Gasteiger partial charge is 0.481 e. The Morgan fingerprint density at radius 2 is 1.80 bits per heavy atom. The Morgan fingerprint density at radius 3 is 2.10 bits per heavy atom. The molecule has 0 fully saturated rings. The fraction of sp³-hybridized carbons (Fsp3) is 0.600. The molecule has 3 N–H and O–H groups in total. The average molecular weight is 148 g/mol. The molecular formula is C5H8O5. The van der Waals surface area contributed by atoms with Gasteiger partial charge in [0.25, 0.3) is 0 Å². The second-order valence-electron chi connectivity index (χ2n) is 1.79. The zero-order valence-electron chi connectivity index (χ0n) is 5.15. The van der Waals surface area contributed by atoms with Crippen LogP contribution in [0.25, 0.3) is 0 Å². The Bertz CT molecular complexity index is 141. The molecule has 0 amide bonds. The summed E-state index contributed by atoms with van der Waals surface area (Å²) in [7, 11) is 0. The predicted octanol–water partition coefficient (Wildman–Crippen LogP) is -0.703. The maximum absolute atomic E-state index is 9.87. The zero-order chi connectivity index (χ0) is 8.15. The van der Waals surface area contributed by atoms with Crippen molar-refractivity contribution in [2.75, 3.05) is 0 Å². The van der Waals surface area contributed by atoms with E-state index in [1.165, 1.54) is 0 Å². The number of aliphatic hydroxyl groups excluding tert-OH is 1. The first-order valence-corrected chi connectivity index (χ1v) is 2.66. The second-order valence-corrected chi connectivity index (χ2v) is 1.79. The summed E-state index contributed by atoms with van der Waals surface area (Å²) in [4.78, 5) is 19.7. The molecule has 0 spiro atoms. The van der Waals surface area contributed by atoms with Gasteiger partial charge in [0, 0.05) is 6.42 Å². The summed E-state index contributed by atoms with van der Waals surface area (Å²) in [6.45, 7) is 0. The number of aliphatic carboxylic acids is 2. The van der Waals surface area contributed by atoms with Gasteiger partial charge in [0.1, 0.15) is 0 Å². The lowest BCUT2D eigenvalue weighted by Gasteiger charge is -2.00. The molecule has 1 atom stereocenters. The van der Waals surface area contributed by atoms with Gasteiger partial charge in [-0.3, -0.25) is 4.79 Å². The van der Waals surface area contributed by atoms with Crippen molar-refractivity contribution < 1.29 is 24.9 Å². The molecule has 0 radical (unpaired) electrons. The number of carboxylic acids is 2. The van der Waals surface area contributed by atoms with Gasteiger partial charge in [0.05, 0.1) is 0 Å². The van der Waals surface area contributed by atoms with Crippen LogP contribution in [-0.2, 0) is 9.59 Å². The van der Waals surface area contributed by atoms with Crippen LogP contribution in [-0.4, -0.2) is 33.4 Å². The van der Waals surface area contributed by atoms with Crippen LogP contribution in [0.1, 0.15) is 12.8 Å². The lowest BCUT2D eigenvalue weighted by Crippen LogP contribution is -2.20. The molecule has 0 unspecified atom stereocenters. The number of carbonyl (C=O) groups is 2. The molecule has 0 saturated carbocycles. The van der Waals surface area contributed by atoms with Gasteiger partial charge in [-0.1, -0.05) is 0 Å². The van der Waals surface area contributed by atoms with Gasteiger partial charge in [0.15, 0.2) is 6.10 Å². The third-order valence-corrected chi connectivity index (χ3v) is 0.917. The first kappa shape index (κ1) is 8.90. The fourth-order valence-electron chi connectivity index (χ4n) is 0.384. The molecule has 0 aromatic carbocycles. The summed E-state index contributed by atoms with van der Waals surface area (Å²) in [5.74, 6) is -2.50. The van der Waals surface area contributed by atoms with Crippen molar-refractivity contribution in [2.45, 2.75) is 18.9 Å². The molecule has 0 heterocycles. The van der Waals surface area contributed by atoms with Gasteiger partial charge in [-0.2, -0.15) is 0 Å². The van der Waals surface area contributed by atoms with Crippen molar-refractivity contribution in [3.8, 4) is 0 Å². The van der Waals surface area contributed by atoms with Crippen molar-refractivity contribution in [1.29, 1.82) is 0 Å². The van der Waals surface area contributed by atoms with Crippen LogP contribution in [0.2, 0.25) is 0 Å². The summed E-state index contributed by atoms with van der Waals surface area (Å²) >= 11 is 0. The van der Waals surface area contributed by atoms with Crippen LogP contribution in [0.4, 0.5) is 0 Å². The lowest BCUT2D eigenvalue weighted by molar-refractivity contribution is -0.147. The minimum atomic E-state index is -1.56. The first-order chi connectivity index (χ1) is 4.54. The third-order valence-electron chi connectivity index (χ3n) is 0.917. The Labute approximate surface area is 56.9 Å². The molecule has 58 valence electrons. The van der Waals surface area contributed by atoms with E-state index in [9.17, 15) is 9.59 Å². The predicted molar refractivity (Wildman–Crippen MR) is 30.5 cm³/mol. The molecule has 0 aromatic rings. The van der Waals surface area contributed by atoms with E-state index < -0.39 is 18.0 Å². The van der Waals surface area contributed by atoms with Crippen LogP contribution in [0, 0.1) is 0 Å². The molecule has 0 aliphatic heterocycles. The van der Waals surface area contributed by atoms with Crippen molar-refractivity contribution in [3.05, 3.63) is 0 Å². The highest BCUT2D eigenvalue weighted by atomic mass is 16.4. The standard InChI is InChI=1S/C5H8O5/c6-3(5(9)10)1-2-4(7)8/h3,6H,1-2H2,(H,7,8)(H,9,10)/t3-/m1/s1. The molecule has 0 saturated heterocycles. The van der Waals surface area contributed by atoms with E-state index in [1.807, 2.05) is 0 Å². The Morgan fingerprint density at radius 1 is 1.30 bits per heavy atom. The van der Waals surface area contributed by atoms with E-state index in [0.29, 0.717) is 0 Å². The maximum Gasteiger partial charge on any atom is 0.332 e. The molecule has 0 aliphatic carbocycles. The number of hydrogen-bond acceptors (Lipinski definition) is 3. The van der Waals surface area contributed by atoms with Crippen LogP contribution < -0.4 is 0 Å². The Balaban J connectivity index is 3.49. The smallest absolute Gasteiger partial charge is 0.332 e. The number of carboxylic acid groups (broad SMARTS) is 2. The average Bonchev–Trinajstić information content (AvgIpc) is 1.82. The third kappa shape index (κ3) is 3.85. The lowest BCUT2D eigenvalue weighted by atomic mass is 10.2. The van der Waals surface area contributed by atoms with E-state index in [1.54, 1.807) is 0 Å². The number of rotatable bonds is 4. The summed E-state index contributed by atoms with van der Waals surface area (Å²) in [6, 6.07) is 0. The summed E-state index contributed by atoms with van der Waals surface area (Å²) in [6.07, 6.45) is -2.13. The molecular weight excluding hydrogens is 140 g/mol. The molecule has 0 aliphatic rings. The summed E-state index contributed by atoms with van der Waals surface area (Å²) < 4.78 is 0. The van der Waals surface area contributed by atoms with Crippen molar-refractivity contribution in [3.63, 3.8) is 0 Å². The summed E-state index contributed by atoms with van der Waals surface area (Å²) in [5.41, 5.74) is 0. The first-order valence-electron chi connectivity index (χ1n) is 2.66. The monoisotopic (exact) mass is 148 g/mol. The number of aliphatic hydroxyl groups is 1. The Hall–Kier alpha value is -1.10. The highest BCUT2D eigenvalue weighted by Crippen LogP contribution is 1.95. The molecule has 5 nitrogen and oxygen atoms in total. The van der Waals surface area contributed by atoms with E-state index >= 15 is 0 Å². The quantitative estimate of drug-likeness (QED) is 0.489. The van der Waals surface area contributed by atoms with Crippen LogP contribution in [0.15, 0.2) is 0 Å². The van der Waals surface area contributed by atoms with Crippen LogP contribution in [0.5, 0.6) is 0 Å². The molecule has 0 rings (SSSR count).